The Morgan fingerprint density at radius 1 is 1.00 bits per heavy atom. The molecule has 8 heteroatoms. The number of nitrogens with zero attached hydrogens (tertiary/aromatic N) is 2. The van der Waals surface area contributed by atoms with Gasteiger partial charge in [0.25, 0.3) is 0 Å². The van der Waals surface area contributed by atoms with Gasteiger partial charge < -0.3 is 19.4 Å². The lowest BCUT2D eigenvalue weighted by atomic mass is 10.0. The first kappa shape index (κ1) is 23.7. The molecule has 5 rings (SSSR count). The van der Waals surface area contributed by atoms with E-state index in [9.17, 15) is 0 Å². The molecule has 0 amide bonds. The minimum Gasteiger partial charge on any atom is -0.491 e. The van der Waals surface area contributed by atoms with Crippen LogP contribution in [0.2, 0.25) is 10.0 Å². The fraction of sp³-hybridized carbons (Fsp3) is 0.185. The summed E-state index contributed by atoms with van der Waals surface area (Å²) in [6, 6.07) is 22.6. The lowest BCUT2D eigenvalue weighted by molar-refractivity contribution is 0.242. The lowest BCUT2D eigenvalue weighted by Crippen LogP contribution is -2.29. The number of halogens is 2. The smallest absolute Gasteiger partial charge is 0.174 e. The van der Waals surface area contributed by atoms with Crippen molar-refractivity contribution in [3.8, 4) is 17.1 Å². The van der Waals surface area contributed by atoms with E-state index < -0.39 is 0 Å². The van der Waals surface area contributed by atoms with Gasteiger partial charge in [-0.2, -0.15) is 0 Å². The standard InChI is InChI=1S/C27H23Cl2N3O2S/c1-16(2)33-18-11-9-17(10-12-18)32-26(25(31-27(32)35)21-8-3-4-15-30-21)23-14-13-22(34-23)19-6-5-7-20(28)24(19)29/h3-16,25-26H,1-2H3,(H,31,35)/t25-,26-/m1/s1. The topological polar surface area (TPSA) is 50.5 Å². The van der Waals surface area contributed by atoms with E-state index >= 15 is 0 Å². The molecule has 0 radical (unpaired) electrons. The molecule has 178 valence electrons. The molecule has 35 heavy (non-hydrogen) atoms. The predicted molar refractivity (Wildman–Crippen MR) is 144 cm³/mol. The van der Waals surface area contributed by atoms with Crippen molar-refractivity contribution in [2.24, 2.45) is 0 Å². The second kappa shape index (κ2) is 9.90. The van der Waals surface area contributed by atoms with Gasteiger partial charge in [-0.25, -0.2) is 0 Å². The summed E-state index contributed by atoms with van der Waals surface area (Å²) in [5.74, 6) is 2.16. The first-order valence-corrected chi connectivity index (χ1v) is 12.4. The van der Waals surface area contributed by atoms with E-state index in [-0.39, 0.29) is 18.2 Å². The molecule has 1 N–H and O–H groups in total. The summed E-state index contributed by atoms with van der Waals surface area (Å²) in [4.78, 5) is 6.64. The summed E-state index contributed by atoms with van der Waals surface area (Å²) < 4.78 is 12.2. The molecule has 4 aromatic rings. The maximum Gasteiger partial charge on any atom is 0.174 e. The number of rotatable bonds is 6. The number of aromatic nitrogens is 1. The third kappa shape index (κ3) is 4.74. The number of nitrogens with one attached hydrogen (secondary N) is 1. The molecule has 0 aliphatic carbocycles. The quantitative estimate of drug-likeness (QED) is 0.262. The van der Waals surface area contributed by atoms with Crippen LogP contribution >= 0.6 is 35.4 Å². The highest BCUT2D eigenvalue weighted by atomic mass is 35.5. The second-order valence-corrected chi connectivity index (χ2v) is 9.63. The van der Waals surface area contributed by atoms with Crippen molar-refractivity contribution in [3.63, 3.8) is 0 Å². The predicted octanol–water partition coefficient (Wildman–Crippen LogP) is 7.61. The largest absolute Gasteiger partial charge is 0.491 e. The van der Waals surface area contributed by atoms with Crippen LogP contribution in [0.1, 0.15) is 37.4 Å². The van der Waals surface area contributed by atoms with E-state index in [1.807, 2.05) is 80.6 Å². The SMILES string of the molecule is CC(C)Oc1ccc(N2C(=S)N[C@H](c3ccccn3)[C@H]2c2ccc(-c3cccc(Cl)c3Cl)o2)cc1. The van der Waals surface area contributed by atoms with Gasteiger partial charge in [0.15, 0.2) is 5.11 Å². The Morgan fingerprint density at radius 3 is 2.51 bits per heavy atom. The molecular formula is C27H23Cl2N3O2S. The zero-order valence-corrected chi connectivity index (χ0v) is 21.4. The van der Waals surface area contributed by atoms with Gasteiger partial charge in [0.05, 0.1) is 27.9 Å². The van der Waals surface area contributed by atoms with Crippen LogP contribution < -0.4 is 15.0 Å². The van der Waals surface area contributed by atoms with Gasteiger partial charge in [0.1, 0.15) is 23.3 Å². The number of benzene rings is 2. The number of pyridine rings is 1. The molecule has 0 bridgehead atoms. The summed E-state index contributed by atoms with van der Waals surface area (Å²) >= 11 is 18.5. The molecule has 0 unspecified atom stereocenters. The molecule has 0 saturated carbocycles. The Morgan fingerprint density at radius 2 is 1.80 bits per heavy atom. The maximum absolute atomic E-state index is 6.46. The lowest BCUT2D eigenvalue weighted by Gasteiger charge is -2.26. The van der Waals surface area contributed by atoms with E-state index in [0.717, 1.165) is 28.5 Å². The van der Waals surface area contributed by atoms with Crippen molar-refractivity contribution >= 4 is 46.2 Å². The third-order valence-electron chi connectivity index (χ3n) is 5.72. The highest BCUT2D eigenvalue weighted by Crippen LogP contribution is 2.44. The van der Waals surface area contributed by atoms with E-state index in [2.05, 4.69) is 15.2 Å². The number of furan rings is 1. The van der Waals surface area contributed by atoms with E-state index in [1.165, 1.54) is 0 Å². The average molecular weight is 524 g/mol. The zero-order valence-electron chi connectivity index (χ0n) is 19.1. The maximum atomic E-state index is 6.46. The van der Waals surface area contributed by atoms with Crippen LogP contribution in [-0.4, -0.2) is 16.2 Å². The Labute approximate surface area is 219 Å². The van der Waals surface area contributed by atoms with Crippen LogP contribution in [0.5, 0.6) is 5.75 Å². The van der Waals surface area contributed by atoms with Crippen molar-refractivity contribution in [2.45, 2.75) is 32.0 Å². The molecule has 1 fully saturated rings. The van der Waals surface area contributed by atoms with Gasteiger partial charge in [-0.15, -0.1) is 0 Å². The van der Waals surface area contributed by atoms with Crippen molar-refractivity contribution in [1.29, 1.82) is 0 Å². The molecule has 1 saturated heterocycles. The van der Waals surface area contributed by atoms with Gasteiger partial charge >= 0.3 is 0 Å². The fourth-order valence-corrected chi connectivity index (χ4v) is 4.97. The first-order chi connectivity index (χ1) is 16.9. The van der Waals surface area contributed by atoms with Crippen LogP contribution in [0, 0.1) is 0 Å². The molecule has 1 aliphatic rings. The van der Waals surface area contributed by atoms with E-state index in [4.69, 9.17) is 44.6 Å². The first-order valence-electron chi connectivity index (χ1n) is 11.2. The zero-order chi connectivity index (χ0) is 24.5. The molecule has 1 aliphatic heterocycles. The third-order valence-corrected chi connectivity index (χ3v) is 6.85. The number of hydrogen-bond donors (Lipinski definition) is 1. The van der Waals surface area contributed by atoms with Crippen molar-refractivity contribution in [1.82, 2.24) is 10.3 Å². The molecule has 3 heterocycles. The molecule has 5 nitrogen and oxygen atoms in total. The van der Waals surface area contributed by atoms with E-state index in [1.54, 1.807) is 12.3 Å². The van der Waals surface area contributed by atoms with Crippen molar-refractivity contribution < 1.29 is 9.15 Å². The molecule has 0 spiro atoms. The number of anilines is 1. The minimum absolute atomic E-state index is 0.0940. The monoisotopic (exact) mass is 523 g/mol. The summed E-state index contributed by atoms with van der Waals surface area (Å²) in [6.45, 7) is 4.00. The van der Waals surface area contributed by atoms with Crippen LogP contribution in [0.4, 0.5) is 5.69 Å². The van der Waals surface area contributed by atoms with Crippen molar-refractivity contribution in [2.75, 3.05) is 4.90 Å². The van der Waals surface area contributed by atoms with Gasteiger partial charge in [0, 0.05) is 17.4 Å². The summed E-state index contributed by atoms with van der Waals surface area (Å²) in [6.07, 6.45) is 1.87. The number of thiocarbonyl (C=S) groups is 1. The Bertz CT molecular complexity index is 1340. The average Bonchev–Trinajstić information content (AvgIpc) is 3.46. The van der Waals surface area contributed by atoms with E-state index in [0.29, 0.717) is 20.9 Å². The molecule has 2 aromatic carbocycles. The minimum atomic E-state index is -0.277. The summed E-state index contributed by atoms with van der Waals surface area (Å²) in [5, 5.41) is 4.95. The summed E-state index contributed by atoms with van der Waals surface area (Å²) in [7, 11) is 0. The highest BCUT2D eigenvalue weighted by molar-refractivity contribution is 7.80. The Balaban J connectivity index is 1.56. The fourth-order valence-electron chi connectivity index (χ4n) is 4.23. The number of ether oxygens (including phenoxy) is 1. The van der Waals surface area contributed by atoms with Gasteiger partial charge in [-0.1, -0.05) is 35.3 Å². The highest BCUT2D eigenvalue weighted by Gasteiger charge is 2.42. The van der Waals surface area contributed by atoms with Crippen LogP contribution in [-0.2, 0) is 0 Å². The number of hydrogen-bond acceptors (Lipinski definition) is 4. The van der Waals surface area contributed by atoms with Crippen LogP contribution in [0.25, 0.3) is 11.3 Å². The summed E-state index contributed by atoms with van der Waals surface area (Å²) in [5.41, 5.74) is 2.51. The van der Waals surface area contributed by atoms with Crippen LogP contribution in [0.15, 0.2) is 83.4 Å². The van der Waals surface area contributed by atoms with Gasteiger partial charge in [-0.3, -0.25) is 4.98 Å². The normalized spacial score (nSPS) is 17.6. The molecule has 2 aromatic heterocycles. The van der Waals surface area contributed by atoms with Gasteiger partial charge in [0.2, 0.25) is 0 Å². The van der Waals surface area contributed by atoms with Crippen molar-refractivity contribution in [3.05, 3.63) is 100 Å². The second-order valence-electron chi connectivity index (χ2n) is 8.46. The Hall–Kier alpha value is -3.06. The molecule has 2 atom stereocenters. The van der Waals surface area contributed by atoms with Crippen LogP contribution in [0.3, 0.4) is 0 Å². The molecular weight excluding hydrogens is 501 g/mol. The Kier molecular flexibility index (Phi) is 6.69. The van der Waals surface area contributed by atoms with Gasteiger partial charge in [-0.05, 0) is 86.7 Å².